The summed E-state index contributed by atoms with van der Waals surface area (Å²) < 4.78 is 15.4. The van der Waals surface area contributed by atoms with Crippen LogP contribution in [0.1, 0.15) is 28.1 Å². The van der Waals surface area contributed by atoms with E-state index in [0.717, 1.165) is 42.1 Å². The summed E-state index contributed by atoms with van der Waals surface area (Å²) in [7, 11) is 0. The van der Waals surface area contributed by atoms with Crippen molar-refractivity contribution in [3.8, 4) is 17.1 Å². The van der Waals surface area contributed by atoms with Crippen LogP contribution in [0, 0.1) is 26.6 Å². The number of benzene rings is 2. The van der Waals surface area contributed by atoms with Crippen molar-refractivity contribution in [1.29, 1.82) is 0 Å². The van der Waals surface area contributed by atoms with E-state index >= 15 is 0 Å². The fourth-order valence-corrected chi connectivity index (χ4v) is 3.89. The third kappa shape index (κ3) is 5.09. The molecule has 0 aliphatic heterocycles. The van der Waals surface area contributed by atoms with Gasteiger partial charge in [-0.2, -0.15) is 0 Å². The van der Waals surface area contributed by atoms with Crippen LogP contribution in [0.4, 0.5) is 4.39 Å². The minimum absolute atomic E-state index is 0.178. The molecule has 2 heterocycles. The molecule has 0 aliphatic carbocycles. The van der Waals surface area contributed by atoms with Gasteiger partial charge in [0, 0.05) is 23.5 Å². The van der Waals surface area contributed by atoms with Gasteiger partial charge in [-0.15, -0.1) is 0 Å². The van der Waals surface area contributed by atoms with Crippen LogP contribution in [0.2, 0.25) is 0 Å². The largest absolute Gasteiger partial charge is 0.312 e. The van der Waals surface area contributed by atoms with Crippen LogP contribution in [0.15, 0.2) is 72.8 Å². The number of hydrogen-bond donors (Lipinski definition) is 1. The van der Waals surface area contributed by atoms with Crippen LogP contribution in [-0.4, -0.2) is 16.1 Å². The molecule has 0 saturated carbocycles. The third-order valence-corrected chi connectivity index (χ3v) is 5.51. The number of rotatable bonds is 7. The Hall–Kier alpha value is -3.24. The molecule has 0 atom stereocenters. The molecule has 0 radical (unpaired) electrons. The van der Waals surface area contributed by atoms with Crippen molar-refractivity contribution in [2.75, 3.05) is 6.54 Å². The second-order valence-corrected chi connectivity index (χ2v) is 8.09. The Morgan fingerprint density at radius 2 is 1.58 bits per heavy atom. The predicted octanol–water partition coefficient (Wildman–Crippen LogP) is 5.94. The first-order valence-corrected chi connectivity index (χ1v) is 10.7. The minimum Gasteiger partial charge on any atom is -0.312 e. The lowest BCUT2D eigenvalue weighted by Crippen LogP contribution is -2.16. The zero-order chi connectivity index (χ0) is 21.8. The standard InChI is InChI=1S/C27H28FN3/c1-19-15-26(30-27(16-19)31-20(2)7-8-21(31)3)24-11-9-23(10-12-24)18-29-14-13-22-5-4-6-25(28)17-22/h4-12,15-17,29H,13-14,18H2,1-3H3. The Balaban J connectivity index is 1.42. The van der Waals surface area contributed by atoms with Crippen LogP contribution in [0.25, 0.3) is 17.1 Å². The summed E-state index contributed by atoms with van der Waals surface area (Å²) in [6.45, 7) is 7.91. The van der Waals surface area contributed by atoms with E-state index in [1.807, 2.05) is 6.07 Å². The van der Waals surface area contributed by atoms with E-state index < -0.39 is 0 Å². The Labute approximate surface area is 183 Å². The van der Waals surface area contributed by atoms with Gasteiger partial charge in [-0.1, -0.05) is 36.4 Å². The first kappa shape index (κ1) is 21.0. The second-order valence-electron chi connectivity index (χ2n) is 8.09. The number of halogens is 1. The quantitative estimate of drug-likeness (QED) is 0.380. The van der Waals surface area contributed by atoms with Gasteiger partial charge in [0.05, 0.1) is 5.69 Å². The molecular formula is C27H28FN3. The summed E-state index contributed by atoms with van der Waals surface area (Å²) in [6, 6.07) is 23.8. The zero-order valence-electron chi connectivity index (χ0n) is 18.3. The van der Waals surface area contributed by atoms with Crippen molar-refractivity contribution < 1.29 is 4.39 Å². The Morgan fingerprint density at radius 1 is 0.839 bits per heavy atom. The van der Waals surface area contributed by atoms with E-state index in [-0.39, 0.29) is 5.82 Å². The zero-order valence-corrected chi connectivity index (χ0v) is 18.3. The van der Waals surface area contributed by atoms with Crippen molar-refractivity contribution in [3.63, 3.8) is 0 Å². The van der Waals surface area contributed by atoms with Crippen LogP contribution in [0.5, 0.6) is 0 Å². The predicted molar refractivity (Wildman–Crippen MR) is 125 cm³/mol. The van der Waals surface area contributed by atoms with Crippen LogP contribution < -0.4 is 5.32 Å². The molecule has 0 aliphatic rings. The fourth-order valence-electron chi connectivity index (χ4n) is 3.89. The summed E-state index contributed by atoms with van der Waals surface area (Å²) in [5.41, 5.74) is 7.87. The molecule has 0 fully saturated rings. The molecule has 0 amide bonds. The van der Waals surface area contributed by atoms with Gasteiger partial charge in [-0.05, 0) is 86.8 Å². The highest BCUT2D eigenvalue weighted by atomic mass is 19.1. The molecule has 4 rings (SSSR count). The molecule has 31 heavy (non-hydrogen) atoms. The van der Waals surface area contributed by atoms with E-state index in [1.54, 1.807) is 12.1 Å². The first-order valence-electron chi connectivity index (χ1n) is 10.7. The number of aromatic nitrogens is 2. The van der Waals surface area contributed by atoms with Crippen molar-refractivity contribution >= 4 is 0 Å². The monoisotopic (exact) mass is 413 g/mol. The highest BCUT2D eigenvalue weighted by Gasteiger charge is 2.09. The lowest BCUT2D eigenvalue weighted by Gasteiger charge is -2.12. The summed E-state index contributed by atoms with van der Waals surface area (Å²) in [4.78, 5) is 4.93. The molecule has 3 nitrogen and oxygen atoms in total. The van der Waals surface area contributed by atoms with Crippen molar-refractivity contribution in [2.45, 2.75) is 33.7 Å². The molecule has 4 heteroatoms. The molecule has 0 bridgehead atoms. The van der Waals surface area contributed by atoms with E-state index in [0.29, 0.717) is 0 Å². The maximum Gasteiger partial charge on any atom is 0.137 e. The van der Waals surface area contributed by atoms with E-state index in [4.69, 9.17) is 4.98 Å². The lowest BCUT2D eigenvalue weighted by molar-refractivity contribution is 0.622. The van der Waals surface area contributed by atoms with E-state index in [2.05, 4.69) is 79.2 Å². The fraction of sp³-hybridized carbons (Fsp3) is 0.222. The summed E-state index contributed by atoms with van der Waals surface area (Å²) in [5.74, 6) is 0.779. The average Bonchev–Trinajstić information content (AvgIpc) is 3.09. The molecule has 2 aromatic carbocycles. The molecular weight excluding hydrogens is 385 g/mol. The van der Waals surface area contributed by atoms with Gasteiger partial charge in [0.25, 0.3) is 0 Å². The number of hydrogen-bond acceptors (Lipinski definition) is 2. The maximum absolute atomic E-state index is 13.3. The molecule has 0 unspecified atom stereocenters. The van der Waals surface area contributed by atoms with Gasteiger partial charge in [0.2, 0.25) is 0 Å². The van der Waals surface area contributed by atoms with E-state index in [9.17, 15) is 4.39 Å². The van der Waals surface area contributed by atoms with E-state index in [1.165, 1.54) is 28.6 Å². The lowest BCUT2D eigenvalue weighted by atomic mass is 10.1. The molecule has 158 valence electrons. The normalized spacial score (nSPS) is 11.1. The molecule has 2 aromatic heterocycles. The third-order valence-electron chi connectivity index (χ3n) is 5.51. The molecule has 4 aromatic rings. The van der Waals surface area contributed by atoms with Crippen LogP contribution in [-0.2, 0) is 13.0 Å². The number of nitrogens with zero attached hydrogens (tertiary/aromatic N) is 2. The van der Waals surface area contributed by atoms with Gasteiger partial charge in [0.1, 0.15) is 11.6 Å². The molecule has 0 spiro atoms. The molecule has 1 N–H and O–H groups in total. The molecule has 0 saturated heterocycles. The second kappa shape index (κ2) is 9.27. The number of aryl methyl sites for hydroxylation is 3. The van der Waals surface area contributed by atoms with Crippen molar-refractivity contribution in [1.82, 2.24) is 14.9 Å². The Bertz CT molecular complexity index is 1160. The summed E-state index contributed by atoms with van der Waals surface area (Å²) in [5, 5.41) is 3.44. The van der Waals surface area contributed by atoms with Gasteiger partial charge in [-0.25, -0.2) is 9.37 Å². The minimum atomic E-state index is -0.178. The Kier molecular flexibility index (Phi) is 6.28. The first-order chi connectivity index (χ1) is 15.0. The van der Waals surface area contributed by atoms with Gasteiger partial charge < -0.3 is 9.88 Å². The number of pyridine rings is 1. The van der Waals surface area contributed by atoms with Gasteiger partial charge in [0.15, 0.2) is 0 Å². The maximum atomic E-state index is 13.3. The SMILES string of the molecule is Cc1cc(-c2ccc(CNCCc3cccc(F)c3)cc2)nc(-n2c(C)ccc2C)c1. The van der Waals surface area contributed by atoms with Gasteiger partial charge >= 0.3 is 0 Å². The van der Waals surface area contributed by atoms with Crippen LogP contribution >= 0.6 is 0 Å². The highest BCUT2D eigenvalue weighted by molar-refractivity contribution is 5.61. The van der Waals surface area contributed by atoms with Crippen molar-refractivity contribution in [3.05, 3.63) is 107 Å². The highest BCUT2D eigenvalue weighted by Crippen LogP contribution is 2.23. The topological polar surface area (TPSA) is 29.9 Å². The summed E-state index contributed by atoms with van der Waals surface area (Å²) >= 11 is 0. The average molecular weight is 414 g/mol. The smallest absolute Gasteiger partial charge is 0.137 e. The number of nitrogens with one attached hydrogen (secondary N) is 1. The van der Waals surface area contributed by atoms with Gasteiger partial charge in [-0.3, -0.25) is 0 Å². The van der Waals surface area contributed by atoms with Crippen molar-refractivity contribution in [2.24, 2.45) is 0 Å². The Morgan fingerprint density at radius 3 is 2.29 bits per heavy atom. The van der Waals surface area contributed by atoms with Crippen LogP contribution in [0.3, 0.4) is 0 Å². The summed E-state index contributed by atoms with van der Waals surface area (Å²) in [6.07, 6.45) is 0.810.